The van der Waals surface area contributed by atoms with Gasteiger partial charge in [0.1, 0.15) is 5.58 Å². The van der Waals surface area contributed by atoms with Crippen LogP contribution in [-0.4, -0.2) is 5.91 Å². The SMILES string of the molecule is CCc1ccc2oc3c(c(=O)c2c1)C(c1ccc(C(C)C)cc1)NC3=O. The number of carbonyl (C=O) groups excluding carboxylic acids is 1. The Hall–Kier alpha value is -2.88. The van der Waals surface area contributed by atoms with E-state index in [0.29, 0.717) is 22.5 Å². The maximum Gasteiger partial charge on any atom is 0.288 e. The van der Waals surface area contributed by atoms with E-state index in [1.807, 2.05) is 43.3 Å². The second-order valence-corrected chi connectivity index (χ2v) is 7.09. The summed E-state index contributed by atoms with van der Waals surface area (Å²) in [5.74, 6) is 0.220. The predicted octanol–water partition coefficient (Wildman–Crippen LogP) is 4.31. The summed E-state index contributed by atoms with van der Waals surface area (Å²) in [5.41, 5.74) is 3.91. The molecule has 0 bridgehead atoms. The maximum absolute atomic E-state index is 13.1. The Morgan fingerprint density at radius 2 is 1.81 bits per heavy atom. The molecule has 0 fully saturated rings. The molecule has 0 radical (unpaired) electrons. The van der Waals surface area contributed by atoms with E-state index in [4.69, 9.17) is 4.42 Å². The first-order valence-corrected chi connectivity index (χ1v) is 9.00. The Morgan fingerprint density at radius 3 is 2.46 bits per heavy atom. The predicted molar refractivity (Wildman–Crippen MR) is 102 cm³/mol. The first kappa shape index (κ1) is 16.6. The Labute approximate surface area is 151 Å². The largest absolute Gasteiger partial charge is 0.450 e. The van der Waals surface area contributed by atoms with Gasteiger partial charge in [-0.25, -0.2) is 0 Å². The molecule has 1 aliphatic heterocycles. The molecule has 4 nitrogen and oxygen atoms in total. The molecule has 3 aromatic rings. The van der Waals surface area contributed by atoms with Crippen molar-refractivity contribution in [3.05, 3.63) is 80.7 Å². The van der Waals surface area contributed by atoms with Crippen LogP contribution in [0.2, 0.25) is 0 Å². The summed E-state index contributed by atoms with van der Waals surface area (Å²) in [6.45, 7) is 6.31. The van der Waals surface area contributed by atoms with E-state index < -0.39 is 6.04 Å². The van der Waals surface area contributed by atoms with Crippen molar-refractivity contribution in [2.24, 2.45) is 0 Å². The molecule has 26 heavy (non-hydrogen) atoms. The molecule has 2 aromatic carbocycles. The van der Waals surface area contributed by atoms with E-state index in [2.05, 4.69) is 19.2 Å². The number of amides is 1. The number of benzene rings is 2. The fourth-order valence-electron chi connectivity index (χ4n) is 3.50. The molecule has 132 valence electrons. The van der Waals surface area contributed by atoms with Gasteiger partial charge in [0.05, 0.1) is 17.0 Å². The van der Waals surface area contributed by atoms with Crippen LogP contribution in [0.1, 0.15) is 65.5 Å². The van der Waals surface area contributed by atoms with Crippen LogP contribution in [0.3, 0.4) is 0 Å². The van der Waals surface area contributed by atoms with E-state index >= 15 is 0 Å². The Morgan fingerprint density at radius 1 is 1.08 bits per heavy atom. The molecule has 1 atom stereocenters. The Kier molecular flexibility index (Phi) is 3.91. The van der Waals surface area contributed by atoms with Crippen molar-refractivity contribution in [3.8, 4) is 0 Å². The minimum Gasteiger partial charge on any atom is -0.450 e. The van der Waals surface area contributed by atoms with Gasteiger partial charge >= 0.3 is 0 Å². The van der Waals surface area contributed by atoms with Crippen molar-refractivity contribution in [2.75, 3.05) is 0 Å². The fourth-order valence-corrected chi connectivity index (χ4v) is 3.50. The highest BCUT2D eigenvalue weighted by Crippen LogP contribution is 2.31. The zero-order valence-electron chi connectivity index (χ0n) is 15.1. The zero-order valence-corrected chi connectivity index (χ0v) is 15.1. The number of hydrogen-bond donors (Lipinski definition) is 1. The van der Waals surface area contributed by atoms with Gasteiger partial charge < -0.3 is 9.73 Å². The lowest BCUT2D eigenvalue weighted by Gasteiger charge is -2.13. The lowest BCUT2D eigenvalue weighted by atomic mass is 9.95. The van der Waals surface area contributed by atoms with Crippen LogP contribution in [0.4, 0.5) is 0 Å². The van der Waals surface area contributed by atoms with Gasteiger partial charge in [-0.2, -0.15) is 0 Å². The van der Waals surface area contributed by atoms with E-state index in [0.717, 1.165) is 17.5 Å². The maximum atomic E-state index is 13.1. The third kappa shape index (κ3) is 2.53. The lowest BCUT2D eigenvalue weighted by Crippen LogP contribution is -2.22. The Balaban J connectivity index is 1.89. The van der Waals surface area contributed by atoms with Crippen molar-refractivity contribution in [2.45, 2.75) is 39.2 Å². The number of rotatable bonds is 3. The number of aryl methyl sites for hydroxylation is 1. The molecule has 1 amide bonds. The van der Waals surface area contributed by atoms with Gasteiger partial charge in [0, 0.05) is 0 Å². The summed E-state index contributed by atoms with van der Waals surface area (Å²) in [5, 5.41) is 3.43. The van der Waals surface area contributed by atoms with E-state index in [-0.39, 0.29) is 17.1 Å². The molecule has 0 aliphatic carbocycles. The highest BCUT2D eigenvalue weighted by Gasteiger charge is 2.35. The molecular formula is C22H21NO3. The van der Waals surface area contributed by atoms with Crippen molar-refractivity contribution in [1.29, 1.82) is 0 Å². The van der Waals surface area contributed by atoms with Crippen LogP contribution in [0.15, 0.2) is 51.7 Å². The number of hydrogen-bond acceptors (Lipinski definition) is 3. The first-order valence-electron chi connectivity index (χ1n) is 9.00. The average Bonchev–Trinajstić information content (AvgIpc) is 2.98. The van der Waals surface area contributed by atoms with Gasteiger partial charge in [-0.05, 0) is 41.2 Å². The molecule has 4 rings (SSSR count). The smallest absolute Gasteiger partial charge is 0.288 e. The van der Waals surface area contributed by atoms with Crippen molar-refractivity contribution in [3.63, 3.8) is 0 Å². The van der Waals surface area contributed by atoms with Gasteiger partial charge in [0.2, 0.25) is 5.76 Å². The average molecular weight is 347 g/mol. The van der Waals surface area contributed by atoms with Crippen molar-refractivity contribution < 1.29 is 9.21 Å². The molecular weight excluding hydrogens is 326 g/mol. The van der Waals surface area contributed by atoms with Crippen LogP contribution in [0.5, 0.6) is 0 Å². The molecule has 4 heteroatoms. The van der Waals surface area contributed by atoms with Gasteiger partial charge in [0.15, 0.2) is 5.43 Å². The lowest BCUT2D eigenvalue weighted by molar-refractivity contribution is 0.0938. The molecule has 0 spiro atoms. The minimum atomic E-state index is -0.468. The second-order valence-electron chi connectivity index (χ2n) is 7.09. The molecule has 1 unspecified atom stereocenters. The summed E-state index contributed by atoms with van der Waals surface area (Å²) in [7, 11) is 0. The van der Waals surface area contributed by atoms with E-state index in [1.54, 1.807) is 6.07 Å². The third-order valence-corrected chi connectivity index (χ3v) is 5.10. The zero-order chi connectivity index (χ0) is 18.4. The quantitative estimate of drug-likeness (QED) is 0.768. The number of carbonyl (C=O) groups is 1. The topological polar surface area (TPSA) is 59.3 Å². The summed E-state index contributed by atoms with van der Waals surface area (Å²) < 4.78 is 5.80. The summed E-state index contributed by atoms with van der Waals surface area (Å²) >= 11 is 0. The van der Waals surface area contributed by atoms with E-state index in [1.165, 1.54) is 5.56 Å². The molecule has 1 aromatic heterocycles. The van der Waals surface area contributed by atoms with Gasteiger partial charge in [-0.3, -0.25) is 9.59 Å². The highest BCUT2D eigenvalue weighted by atomic mass is 16.3. The number of fused-ring (bicyclic) bond motifs is 2. The third-order valence-electron chi connectivity index (χ3n) is 5.10. The van der Waals surface area contributed by atoms with Crippen LogP contribution in [0, 0.1) is 0 Å². The molecule has 0 saturated heterocycles. The molecule has 1 aliphatic rings. The molecule has 2 heterocycles. The summed E-state index contributed by atoms with van der Waals surface area (Å²) in [6, 6.07) is 13.1. The van der Waals surface area contributed by atoms with Crippen molar-refractivity contribution in [1.82, 2.24) is 5.32 Å². The van der Waals surface area contributed by atoms with E-state index in [9.17, 15) is 9.59 Å². The highest BCUT2D eigenvalue weighted by molar-refractivity contribution is 5.99. The summed E-state index contributed by atoms with van der Waals surface area (Å²) in [4.78, 5) is 25.5. The van der Waals surface area contributed by atoms with Gasteiger partial charge in [-0.1, -0.05) is 51.1 Å². The van der Waals surface area contributed by atoms with Crippen LogP contribution in [0.25, 0.3) is 11.0 Å². The van der Waals surface area contributed by atoms with Gasteiger partial charge in [0.25, 0.3) is 5.91 Å². The normalized spacial score (nSPS) is 16.2. The molecule has 1 N–H and O–H groups in total. The van der Waals surface area contributed by atoms with Crippen LogP contribution >= 0.6 is 0 Å². The standard InChI is InChI=1S/C22H21NO3/c1-4-13-5-10-17-16(11-13)20(24)18-19(23-22(25)21(18)26-17)15-8-6-14(7-9-15)12(2)3/h5-12,19H,4H2,1-3H3,(H,23,25). The Bertz CT molecular complexity index is 1060. The van der Waals surface area contributed by atoms with Gasteiger partial charge in [-0.15, -0.1) is 0 Å². The number of nitrogens with one attached hydrogen (secondary N) is 1. The van der Waals surface area contributed by atoms with Crippen LogP contribution < -0.4 is 10.7 Å². The summed E-state index contributed by atoms with van der Waals surface area (Å²) in [6.07, 6.45) is 0.837. The minimum absolute atomic E-state index is 0.129. The van der Waals surface area contributed by atoms with Crippen LogP contribution in [-0.2, 0) is 6.42 Å². The monoisotopic (exact) mass is 347 g/mol. The second kappa shape index (κ2) is 6.13. The fraction of sp³-hybridized carbons (Fsp3) is 0.273. The van der Waals surface area contributed by atoms with Crippen molar-refractivity contribution >= 4 is 16.9 Å². The molecule has 0 saturated carbocycles. The first-order chi connectivity index (χ1) is 12.5.